The van der Waals surface area contributed by atoms with Gasteiger partial charge < -0.3 is 13.9 Å². The van der Waals surface area contributed by atoms with Crippen LogP contribution >= 0.6 is 0 Å². The number of carbonyl (C=O) groups excluding carboxylic acids is 1. The molecule has 38 heavy (non-hydrogen) atoms. The van der Waals surface area contributed by atoms with Crippen LogP contribution in [0.5, 0.6) is 11.5 Å². The van der Waals surface area contributed by atoms with Crippen LogP contribution in [-0.2, 0) is 0 Å². The third kappa shape index (κ3) is 4.44. The quantitative estimate of drug-likeness (QED) is 0.237. The number of hydrogen-bond donors (Lipinski definition) is 0. The van der Waals surface area contributed by atoms with Crippen LogP contribution in [-0.4, -0.2) is 19.1 Å². The zero-order valence-electron chi connectivity index (χ0n) is 22.6. The molecule has 0 spiro atoms. The molecule has 5 rings (SSSR count). The van der Waals surface area contributed by atoms with Gasteiger partial charge in [0.25, 0.3) is 5.91 Å². The molecule has 0 aliphatic carbocycles. The molecule has 0 radical (unpaired) electrons. The molecule has 6 heteroatoms. The van der Waals surface area contributed by atoms with Crippen molar-refractivity contribution in [1.82, 2.24) is 0 Å². The molecule has 4 aromatic rings. The summed E-state index contributed by atoms with van der Waals surface area (Å²) in [4.78, 5) is 29.5. The predicted molar refractivity (Wildman–Crippen MR) is 150 cm³/mol. The van der Waals surface area contributed by atoms with Crippen LogP contribution in [0, 0.1) is 20.8 Å². The van der Waals surface area contributed by atoms with E-state index in [2.05, 4.69) is 6.92 Å². The average Bonchev–Trinajstić information content (AvgIpc) is 3.19. The highest BCUT2D eigenvalue weighted by Gasteiger charge is 2.44. The van der Waals surface area contributed by atoms with Crippen molar-refractivity contribution in [2.24, 2.45) is 0 Å². The lowest BCUT2D eigenvalue weighted by Crippen LogP contribution is -2.29. The minimum Gasteiger partial charge on any atom is -0.490 e. The lowest BCUT2D eigenvalue weighted by Gasteiger charge is -2.26. The molecule has 0 N–H and O–H groups in total. The van der Waals surface area contributed by atoms with E-state index in [9.17, 15) is 9.59 Å². The molecular weight excluding hydrogens is 478 g/mol. The lowest BCUT2D eigenvalue weighted by molar-refractivity contribution is 0.0971. The van der Waals surface area contributed by atoms with Crippen LogP contribution < -0.4 is 19.8 Å². The van der Waals surface area contributed by atoms with Crippen LogP contribution in [0.25, 0.3) is 11.0 Å². The van der Waals surface area contributed by atoms with Crippen LogP contribution in [0.1, 0.15) is 71.1 Å². The van der Waals surface area contributed by atoms with Gasteiger partial charge in [-0.25, -0.2) is 0 Å². The second kappa shape index (κ2) is 10.4. The van der Waals surface area contributed by atoms with E-state index in [0.717, 1.165) is 35.1 Å². The first-order valence-electron chi connectivity index (χ1n) is 13.2. The van der Waals surface area contributed by atoms with Gasteiger partial charge in [-0.3, -0.25) is 14.5 Å². The molecule has 1 aliphatic rings. The summed E-state index contributed by atoms with van der Waals surface area (Å²) in [6, 6.07) is 16.3. The third-order valence-corrected chi connectivity index (χ3v) is 7.13. The number of rotatable bonds is 8. The molecule has 1 aliphatic heterocycles. The summed E-state index contributed by atoms with van der Waals surface area (Å²) in [6.07, 6.45) is 1.96. The van der Waals surface area contributed by atoms with Crippen molar-refractivity contribution in [3.63, 3.8) is 0 Å². The van der Waals surface area contributed by atoms with E-state index in [4.69, 9.17) is 13.9 Å². The second-order valence-corrected chi connectivity index (χ2v) is 9.86. The number of hydrogen-bond acceptors (Lipinski definition) is 5. The van der Waals surface area contributed by atoms with Crippen molar-refractivity contribution >= 4 is 22.6 Å². The number of anilines is 1. The van der Waals surface area contributed by atoms with Gasteiger partial charge >= 0.3 is 0 Å². The van der Waals surface area contributed by atoms with Gasteiger partial charge in [-0.05, 0) is 87.2 Å². The van der Waals surface area contributed by atoms with Crippen molar-refractivity contribution in [2.45, 2.75) is 53.5 Å². The number of aryl methyl sites for hydroxylation is 3. The van der Waals surface area contributed by atoms with Gasteiger partial charge in [0.2, 0.25) is 5.76 Å². The molecule has 1 unspecified atom stereocenters. The van der Waals surface area contributed by atoms with Crippen molar-refractivity contribution in [3.05, 3.63) is 98.4 Å². The summed E-state index contributed by atoms with van der Waals surface area (Å²) in [5, 5.41) is 0.466. The highest BCUT2D eigenvalue weighted by Crippen LogP contribution is 2.43. The first-order valence-corrected chi connectivity index (χ1v) is 13.2. The van der Waals surface area contributed by atoms with Gasteiger partial charge in [0, 0.05) is 5.69 Å². The van der Waals surface area contributed by atoms with E-state index < -0.39 is 6.04 Å². The van der Waals surface area contributed by atoms with Gasteiger partial charge in [0.15, 0.2) is 16.9 Å². The summed E-state index contributed by atoms with van der Waals surface area (Å²) in [7, 11) is 0. The lowest BCUT2D eigenvalue weighted by atomic mass is 9.97. The predicted octanol–water partition coefficient (Wildman–Crippen LogP) is 7.05. The summed E-state index contributed by atoms with van der Waals surface area (Å²) < 4.78 is 18.1. The minimum absolute atomic E-state index is 0.0795. The third-order valence-electron chi connectivity index (χ3n) is 7.13. The molecule has 2 heterocycles. The Morgan fingerprint density at radius 1 is 0.868 bits per heavy atom. The van der Waals surface area contributed by atoms with E-state index in [0.29, 0.717) is 46.9 Å². The number of unbranched alkanes of at least 4 members (excludes halogenated alkanes) is 1. The first-order chi connectivity index (χ1) is 18.3. The smallest absolute Gasteiger partial charge is 0.295 e. The molecule has 0 fully saturated rings. The van der Waals surface area contributed by atoms with Crippen molar-refractivity contribution in [2.75, 3.05) is 18.1 Å². The zero-order valence-corrected chi connectivity index (χ0v) is 22.6. The molecule has 0 saturated heterocycles. The molecule has 1 amide bonds. The summed E-state index contributed by atoms with van der Waals surface area (Å²) in [6.45, 7) is 11.1. The maximum atomic E-state index is 14.0. The fourth-order valence-electron chi connectivity index (χ4n) is 4.95. The number of benzene rings is 3. The molecule has 1 aromatic heterocycles. The molecule has 6 nitrogen and oxygen atoms in total. The average molecular weight is 512 g/mol. The van der Waals surface area contributed by atoms with Crippen molar-refractivity contribution in [1.29, 1.82) is 0 Å². The van der Waals surface area contributed by atoms with Gasteiger partial charge in [0.1, 0.15) is 5.58 Å². The zero-order chi connectivity index (χ0) is 27.0. The van der Waals surface area contributed by atoms with Crippen LogP contribution in [0.4, 0.5) is 5.69 Å². The standard InChI is InChI=1S/C32H33NO5/c1-6-8-15-37-26-14-11-22(18-27(26)36-7-2)29-28-30(34)24-16-19(3)9-13-25(24)38-31(28)32(35)33(29)23-12-10-20(4)21(5)17-23/h9-14,16-18,29H,6-8,15H2,1-5H3. The Kier molecular flexibility index (Phi) is 6.98. The minimum atomic E-state index is -0.676. The first kappa shape index (κ1) is 25.6. The van der Waals surface area contributed by atoms with Gasteiger partial charge in [0.05, 0.1) is 30.2 Å². The van der Waals surface area contributed by atoms with E-state index in [1.54, 1.807) is 11.0 Å². The molecule has 1 atom stereocenters. The van der Waals surface area contributed by atoms with Crippen LogP contribution in [0.3, 0.4) is 0 Å². The van der Waals surface area contributed by atoms with E-state index in [1.165, 1.54) is 0 Å². The molecule has 0 saturated carbocycles. The SMILES string of the molecule is CCCCOc1ccc(C2c3c(oc4ccc(C)cc4c3=O)C(=O)N2c2ccc(C)c(C)c2)cc1OCC. The maximum Gasteiger partial charge on any atom is 0.295 e. The Morgan fingerprint density at radius 2 is 1.68 bits per heavy atom. The molecule has 3 aromatic carbocycles. The Bertz CT molecular complexity index is 1590. The topological polar surface area (TPSA) is 69.0 Å². The van der Waals surface area contributed by atoms with E-state index >= 15 is 0 Å². The van der Waals surface area contributed by atoms with Gasteiger partial charge in [-0.2, -0.15) is 0 Å². The highest BCUT2D eigenvalue weighted by atomic mass is 16.5. The summed E-state index contributed by atoms with van der Waals surface area (Å²) >= 11 is 0. The summed E-state index contributed by atoms with van der Waals surface area (Å²) in [5.41, 5.74) is 5.13. The molecule has 196 valence electrons. The number of nitrogens with zero attached hydrogens (tertiary/aromatic N) is 1. The van der Waals surface area contributed by atoms with Crippen LogP contribution in [0.15, 0.2) is 63.8 Å². The summed E-state index contributed by atoms with van der Waals surface area (Å²) in [5.74, 6) is 0.973. The Labute approximate surface area is 222 Å². The molecular formula is C32H33NO5. The van der Waals surface area contributed by atoms with Crippen molar-refractivity contribution < 1.29 is 18.7 Å². The van der Waals surface area contributed by atoms with Gasteiger partial charge in [-0.1, -0.05) is 37.1 Å². The maximum absolute atomic E-state index is 14.0. The normalized spacial score (nSPS) is 14.7. The number of ether oxygens (including phenoxy) is 2. The van der Waals surface area contributed by atoms with E-state index in [-0.39, 0.29) is 17.1 Å². The highest BCUT2D eigenvalue weighted by molar-refractivity contribution is 6.10. The Balaban J connectivity index is 1.73. The van der Waals surface area contributed by atoms with Crippen LogP contribution in [0.2, 0.25) is 0 Å². The van der Waals surface area contributed by atoms with Gasteiger partial charge in [-0.15, -0.1) is 0 Å². The van der Waals surface area contributed by atoms with E-state index in [1.807, 2.05) is 76.2 Å². The number of carbonyl (C=O) groups is 1. The fraction of sp³-hybridized carbons (Fsp3) is 0.312. The molecule has 0 bridgehead atoms. The largest absolute Gasteiger partial charge is 0.490 e. The number of fused-ring (bicyclic) bond motifs is 2. The second-order valence-electron chi connectivity index (χ2n) is 9.86. The Morgan fingerprint density at radius 3 is 2.42 bits per heavy atom. The number of amides is 1. The Hall–Kier alpha value is -4.06. The monoisotopic (exact) mass is 511 g/mol. The fourth-order valence-corrected chi connectivity index (χ4v) is 4.95. The van der Waals surface area contributed by atoms with Crippen molar-refractivity contribution in [3.8, 4) is 11.5 Å².